The smallest absolute Gasteiger partial charge is 0.408 e. The van der Waals surface area contributed by atoms with Gasteiger partial charge in [0.05, 0.1) is 5.69 Å². The summed E-state index contributed by atoms with van der Waals surface area (Å²) in [7, 11) is 0. The van der Waals surface area contributed by atoms with E-state index in [2.05, 4.69) is 34.7 Å². The summed E-state index contributed by atoms with van der Waals surface area (Å²) < 4.78 is 5.14. The lowest BCUT2D eigenvalue weighted by Crippen LogP contribution is -2.41. The summed E-state index contributed by atoms with van der Waals surface area (Å²) in [6.07, 6.45) is 1.52. The fourth-order valence-electron chi connectivity index (χ4n) is 2.82. The predicted molar refractivity (Wildman–Crippen MR) is 119 cm³/mol. The van der Waals surface area contributed by atoms with E-state index in [9.17, 15) is 9.59 Å². The Morgan fingerprint density at radius 3 is 2.50 bits per heavy atom. The van der Waals surface area contributed by atoms with Crippen LogP contribution in [0.15, 0.2) is 60.0 Å². The number of aromatic nitrogens is 1. The predicted octanol–water partition coefficient (Wildman–Crippen LogP) is 5.02. The van der Waals surface area contributed by atoms with Crippen molar-refractivity contribution in [3.05, 3.63) is 71.1 Å². The molecule has 0 fully saturated rings. The normalized spacial score (nSPS) is 11.5. The zero-order chi connectivity index (χ0) is 21.3. The monoisotopic (exact) mass is 423 g/mol. The Morgan fingerprint density at radius 1 is 1.07 bits per heavy atom. The molecule has 0 saturated heterocycles. The molecule has 0 radical (unpaired) electrons. The quantitative estimate of drug-likeness (QED) is 0.533. The minimum Gasteiger partial charge on any atom is -0.445 e. The Hall–Kier alpha value is -3.19. The van der Waals surface area contributed by atoms with E-state index in [4.69, 9.17) is 4.74 Å². The second kappa shape index (κ2) is 10.5. The first-order chi connectivity index (χ1) is 14.5. The van der Waals surface area contributed by atoms with E-state index in [1.807, 2.05) is 47.8 Å². The second-order valence-electron chi connectivity index (χ2n) is 6.90. The molecule has 3 aromatic rings. The Morgan fingerprint density at radius 2 is 1.80 bits per heavy atom. The molecule has 2 amide bonds. The van der Waals surface area contributed by atoms with Crippen molar-refractivity contribution in [3.8, 4) is 11.3 Å². The highest BCUT2D eigenvalue weighted by Crippen LogP contribution is 2.25. The number of anilines is 1. The third kappa shape index (κ3) is 6.15. The summed E-state index contributed by atoms with van der Waals surface area (Å²) in [5.74, 6) is -0.356. The fraction of sp³-hybridized carbons (Fsp3) is 0.261. The van der Waals surface area contributed by atoms with Gasteiger partial charge in [0.1, 0.15) is 12.6 Å². The Balaban J connectivity index is 1.49. The van der Waals surface area contributed by atoms with Gasteiger partial charge < -0.3 is 15.4 Å². The zero-order valence-corrected chi connectivity index (χ0v) is 17.9. The molecular weight excluding hydrogens is 398 g/mol. The first-order valence-corrected chi connectivity index (χ1v) is 10.8. The number of amides is 2. The SMILES string of the molecule is CCCc1ccc(-c2csc(NC(=O)[C@H](C)NC(=O)OCc3ccccc3)n2)cc1. The standard InChI is InChI=1S/C23H25N3O3S/c1-3-7-17-10-12-19(13-11-17)20-15-30-22(25-20)26-21(27)16(2)24-23(28)29-14-18-8-5-4-6-9-18/h4-6,8-13,15-16H,3,7,14H2,1-2H3,(H,24,28)(H,25,26,27)/t16-/m0/s1. The molecule has 0 aliphatic carbocycles. The average molecular weight is 424 g/mol. The molecule has 0 aliphatic rings. The van der Waals surface area contributed by atoms with Crippen LogP contribution in [-0.4, -0.2) is 23.0 Å². The number of carbonyl (C=O) groups is 2. The largest absolute Gasteiger partial charge is 0.445 e. The first kappa shape index (κ1) is 21.5. The third-order valence-corrected chi connectivity index (χ3v) is 5.22. The van der Waals surface area contributed by atoms with E-state index in [0.717, 1.165) is 29.7 Å². The van der Waals surface area contributed by atoms with E-state index in [0.29, 0.717) is 5.13 Å². The van der Waals surface area contributed by atoms with Gasteiger partial charge in [0.25, 0.3) is 0 Å². The van der Waals surface area contributed by atoms with Crippen LogP contribution in [0.2, 0.25) is 0 Å². The van der Waals surface area contributed by atoms with Crippen LogP contribution in [0.4, 0.5) is 9.93 Å². The van der Waals surface area contributed by atoms with Gasteiger partial charge in [0, 0.05) is 10.9 Å². The summed E-state index contributed by atoms with van der Waals surface area (Å²) in [6.45, 7) is 3.90. The van der Waals surface area contributed by atoms with Crippen LogP contribution in [-0.2, 0) is 22.6 Å². The Kier molecular flexibility index (Phi) is 7.57. The lowest BCUT2D eigenvalue weighted by molar-refractivity contribution is -0.117. The minimum absolute atomic E-state index is 0.147. The van der Waals surface area contributed by atoms with E-state index in [1.54, 1.807) is 6.92 Å². The summed E-state index contributed by atoms with van der Waals surface area (Å²) in [6, 6.07) is 16.9. The van der Waals surface area contributed by atoms with Gasteiger partial charge in [0.15, 0.2) is 5.13 Å². The van der Waals surface area contributed by atoms with Crippen molar-refractivity contribution < 1.29 is 14.3 Å². The lowest BCUT2D eigenvalue weighted by Gasteiger charge is -2.13. The molecule has 2 N–H and O–H groups in total. The summed E-state index contributed by atoms with van der Waals surface area (Å²) in [4.78, 5) is 28.8. The van der Waals surface area contributed by atoms with Crippen LogP contribution >= 0.6 is 11.3 Å². The van der Waals surface area contributed by atoms with Gasteiger partial charge in [-0.1, -0.05) is 67.9 Å². The number of alkyl carbamates (subject to hydrolysis) is 1. The van der Waals surface area contributed by atoms with Crippen molar-refractivity contribution >= 4 is 28.5 Å². The summed E-state index contributed by atoms with van der Waals surface area (Å²) in [5.41, 5.74) is 3.98. The average Bonchev–Trinajstić information content (AvgIpc) is 3.22. The number of rotatable bonds is 8. The number of carbonyl (C=O) groups excluding carboxylic acids is 2. The molecule has 0 bridgehead atoms. The van der Waals surface area contributed by atoms with Crippen LogP contribution < -0.4 is 10.6 Å². The van der Waals surface area contributed by atoms with Crippen molar-refractivity contribution in [2.24, 2.45) is 0 Å². The highest BCUT2D eigenvalue weighted by Gasteiger charge is 2.18. The maximum atomic E-state index is 12.4. The van der Waals surface area contributed by atoms with Gasteiger partial charge in [-0.3, -0.25) is 4.79 Å². The Bertz CT molecular complexity index is 971. The van der Waals surface area contributed by atoms with Crippen LogP contribution in [0, 0.1) is 0 Å². The van der Waals surface area contributed by atoms with Gasteiger partial charge in [-0.2, -0.15) is 0 Å². The molecule has 0 spiro atoms. The van der Waals surface area contributed by atoms with Crippen molar-refractivity contribution in [1.82, 2.24) is 10.3 Å². The third-order valence-electron chi connectivity index (χ3n) is 4.46. The van der Waals surface area contributed by atoms with Gasteiger partial charge in [-0.25, -0.2) is 9.78 Å². The highest BCUT2D eigenvalue weighted by atomic mass is 32.1. The number of nitrogens with zero attached hydrogens (tertiary/aromatic N) is 1. The maximum absolute atomic E-state index is 12.4. The highest BCUT2D eigenvalue weighted by molar-refractivity contribution is 7.14. The van der Waals surface area contributed by atoms with Crippen molar-refractivity contribution in [2.45, 2.75) is 39.3 Å². The zero-order valence-electron chi connectivity index (χ0n) is 17.1. The molecule has 0 aliphatic heterocycles. The molecule has 6 nitrogen and oxygen atoms in total. The van der Waals surface area contributed by atoms with Gasteiger partial charge >= 0.3 is 6.09 Å². The van der Waals surface area contributed by atoms with Crippen LogP contribution in [0.5, 0.6) is 0 Å². The van der Waals surface area contributed by atoms with E-state index in [1.165, 1.54) is 16.9 Å². The number of benzene rings is 2. The van der Waals surface area contributed by atoms with E-state index >= 15 is 0 Å². The summed E-state index contributed by atoms with van der Waals surface area (Å²) in [5, 5.41) is 7.66. The number of nitrogens with one attached hydrogen (secondary N) is 2. The number of aryl methyl sites for hydroxylation is 1. The molecule has 7 heteroatoms. The number of thiazole rings is 1. The van der Waals surface area contributed by atoms with Crippen LogP contribution in [0.25, 0.3) is 11.3 Å². The van der Waals surface area contributed by atoms with E-state index < -0.39 is 12.1 Å². The lowest BCUT2D eigenvalue weighted by atomic mass is 10.1. The van der Waals surface area contributed by atoms with Crippen LogP contribution in [0.3, 0.4) is 0 Å². The minimum atomic E-state index is -0.756. The molecule has 0 saturated carbocycles. The number of hydrogen-bond acceptors (Lipinski definition) is 5. The molecule has 2 aromatic carbocycles. The van der Waals surface area contributed by atoms with E-state index in [-0.39, 0.29) is 12.5 Å². The van der Waals surface area contributed by atoms with Crippen molar-refractivity contribution in [1.29, 1.82) is 0 Å². The molecule has 1 aromatic heterocycles. The topological polar surface area (TPSA) is 80.3 Å². The first-order valence-electron chi connectivity index (χ1n) is 9.88. The second-order valence-corrected chi connectivity index (χ2v) is 7.76. The van der Waals surface area contributed by atoms with Gasteiger partial charge in [-0.05, 0) is 24.5 Å². The fourth-order valence-corrected chi connectivity index (χ4v) is 3.54. The number of ether oxygens (including phenoxy) is 1. The van der Waals surface area contributed by atoms with Crippen molar-refractivity contribution in [3.63, 3.8) is 0 Å². The molecule has 0 unspecified atom stereocenters. The molecule has 1 heterocycles. The maximum Gasteiger partial charge on any atom is 0.408 e. The molecule has 3 rings (SSSR count). The summed E-state index contributed by atoms with van der Waals surface area (Å²) >= 11 is 1.34. The molecular formula is C23H25N3O3S. The van der Waals surface area contributed by atoms with Crippen molar-refractivity contribution in [2.75, 3.05) is 5.32 Å². The van der Waals surface area contributed by atoms with Gasteiger partial charge in [-0.15, -0.1) is 11.3 Å². The van der Waals surface area contributed by atoms with Gasteiger partial charge in [0.2, 0.25) is 5.91 Å². The molecule has 30 heavy (non-hydrogen) atoms. The number of hydrogen-bond donors (Lipinski definition) is 2. The molecule has 156 valence electrons. The van der Waals surface area contributed by atoms with Crippen LogP contribution in [0.1, 0.15) is 31.4 Å². The Labute approximate surface area is 180 Å². The molecule has 1 atom stereocenters.